The molecule has 0 unspecified atom stereocenters. The minimum absolute atomic E-state index is 1.05. The molecule has 1 radical (unpaired) electrons. The third kappa shape index (κ3) is 2.50. The Labute approximate surface area is 116 Å². The van der Waals surface area contributed by atoms with Crippen molar-refractivity contribution in [1.29, 1.82) is 0 Å². The van der Waals surface area contributed by atoms with Crippen LogP contribution in [-0.4, -0.2) is 0 Å². The molecular weight excluding hydrogens is 350 g/mol. The van der Waals surface area contributed by atoms with Crippen LogP contribution in [0.1, 0.15) is 11.1 Å². The smallest absolute Gasteiger partial charge is 0.0701 e. The Morgan fingerprint density at radius 1 is 1.12 bits per heavy atom. The largest absolute Gasteiger partial charge is 0.353 e. The molecule has 0 aliphatic heterocycles. The van der Waals surface area contributed by atoms with Crippen molar-refractivity contribution < 1.29 is 0 Å². The summed E-state index contributed by atoms with van der Waals surface area (Å²) in [6.07, 6.45) is 0. The number of thiophene rings is 1. The van der Waals surface area contributed by atoms with Crippen molar-refractivity contribution in [3.8, 4) is 0 Å². The first kappa shape index (κ1) is 12.1. The molecule has 1 aromatic heterocycles. The van der Waals surface area contributed by atoms with E-state index in [1.54, 1.807) is 11.3 Å². The van der Waals surface area contributed by atoms with Gasteiger partial charge in [0.15, 0.2) is 0 Å². The minimum Gasteiger partial charge on any atom is -0.353 e. The van der Waals surface area contributed by atoms with Gasteiger partial charge in [0, 0.05) is 8.95 Å². The fourth-order valence-electron chi connectivity index (χ4n) is 1.33. The normalized spacial score (nSPS) is 10.5. The van der Waals surface area contributed by atoms with E-state index in [1.165, 1.54) is 11.1 Å². The molecule has 0 aliphatic rings. The third-order valence-electron chi connectivity index (χ3n) is 2.30. The summed E-state index contributed by atoms with van der Waals surface area (Å²) < 4.78 is 2.15. The highest BCUT2D eigenvalue weighted by atomic mass is 79.9. The van der Waals surface area contributed by atoms with E-state index in [4.69, 9.17) is 0 Å². The molecule has 2 rings (SSSR count). The highest BCUT2D eigenvalue weighted by Crippen LogP contribution is 2.32. The van der Waals surface area contributed by atoms with Gasteiger partial charge in [-0.3, -0.25) is 0 Å². The van der Waals surface area contributed by atoms with Crippen LogP contribution in [0.5, 0.6) is 0 Å². The van der Waals surface area contributed by atoms with Gasteiger partial charge in [0.05, 0.1) is 16.8 Å². The lowest BCUT2D eigenvalue weighted by Gasteiger charge is -2.10. The molecule has 83 valence electrons. The van der Waals surface area contributed by atoms with E-state index < -0.39 is 0 Å². The quantitative estimate of drug-likeness (QED) is 0.753. The zero-order chi connectivity index (χ0) is 11.7. The summed E-state index contributed by atoms with van der Waals surface area (Å²) in [5.74, 6) is 0. The molecule has 0 amide bonds. The van der Waals surface area contributed by atoms with Crippen LogP contribution in [-0.2, 0) is 0 Å². The van der Waals surface area contributed by atoms with E-state index in [1.807, 2.05) is 0 Å². The number of aryl methyl sites for hydroxylation is 2. The van der Waals surface area contributed by atoms with E-state index in [0.717, 1.165) is 20.3 Å². The maximum atomic E-state index is 3.55. The number of nitrogens with one attached hydrogen (secondary N) is 1. The molecule has 0 atom stereocenters. The lowest BCUT2D eigenvalue weighted by atomic mass is 10.2. The molecule has 4 heteroatoms. The lowest BCUT2D eigenvalue weighted by molar-refractivity contribution is 1.39. The second kappa shape index (κ2) is 4.90. The van der Waals surface area contributed by atoms with Gasteiger partial charge >= 0.3 is 0 Å². The average Bonchev–Trinajstić information content (AvgIpc) is 2.61. The molecule has 1 aromatic carbocycles. The van der Waals surface area contributed by atoms with Crippen molar-refractivity contribution >= 4 is 54.6 Å². The number of rotatable bonds is 2. The zero-order valence-electron chi connectivity index (χ0n) is 8.90. The molecule has 1 heterocycles. The summed E-state index contributed by atoms with van der Waals surface area (Å²) >= 11 is 8.64. The van der Waals surface area contributed by atoms with Gasteiger partial charge in [0.1, 0.15) is 0 Å². The van der Waals surface area contributed by atoms with E-state index in [9.17, 15) is 0 Å². The maximum absolute atomic E-state index is 3.55. The number of benzene rings is 1. The standard InChI is InChI=1S/C12H10Br2NS/c1-7-3-11(10(14)4-9(7)13)15-12-6-16-5-8(12)2/h3-5,15H,1-2H3. The van der Waals surface area contributed by atoms with Crippen molar-refractivity contribution in [3.05, 3.63) is 43.0 Å². The van der Waals surface area contributed by atoms with Gasteiger partial charge in [0.2, 0.25) is 0 Å². The van der Waals surface area contributed by atoms with Crippen LogP contribution in [0.4, 0.5) is 11.4 Å². The van der Waals surface area contributed by atoms with Crippen LogP contribution >= 0.6 is 43.2 Å². The van der Waals surface area contributed by atoms with Gasteiger partial charge in [0.25, 0.3) is 0 Å². The van der Waals surface area contributed by atoms with E-state index in [0.29, 0.717) is 0 Å². The highest BCUT2D eigenvalue weighted by Gasteiger charge is 2.06. The van der Waals surface area contributed by atoms with Gasteiger partial charge in [-0.2, -0.15) is 0 Å². The predicted molar refractivity (Wildman–Crippen MR) is 77.8 cm³/mol. The minimum atomic E-state index is 1.05. The average molecular weight is 360 g/mol. The first-order chi connectivity index (χ1) is 7.58. The third-order valence-corrected chi connectivity index (χ3v) is 4.60. The van der Waals surface area contributed by atoms with Crippen molar-refractivity contribution in [1.82, 2.24) is 0 Å². The fourth-order valence-corrected chi connectivity index (χ4v) is 3.10. The summed E-state index contributed by atoms with van der Waals surface area (Å²) in [6, 6.07) is 4.17. The summed E-state index contributed by atoms with van der Waals surface area (Å²) in [5.41, 5.74) is 4.54. The number of hydrogen-bond donors (Lipinski definition) is 1. The molecule has 0 spiro atoms. The van der Waals surface area contributed by atoms with Gasteiger partial charge in [-0.25, -0.2) is 0 Å². The molecule has 0 bridgehead atoms. The van der Waals surface area contributed by atoms with Crippen LogP contribution in [0.2, 0.25) is 0 Å². The Kier molecular flexibility index (Phi) is 3.72. The Hall–Kier alpha value is -0.320. The van der Waals surface area contributed by atoms with Gasteiger partial charge in [-0.15, -0.1) is 11.3 Å². The van der Waals surface area contributed by atoms with E-state index >= 15 is 0 Å². The van der Waals surface area contributed by atoms with Crippen LogP contribution < -0.4 is 5.32 Å². The first-order valence-corrected chi connectivity index (χ1v) is 7.23. The van der Waals surface area contributed by atoms with Crippen LogP contribution in [0.15, 0.2) is 26.5 Å². The van der Waals surface area contributed by atoms with Crippen molar-refractivity contribution in [2.75, 3.05) is 5.32 Å². The molecule has 0 saturated carbocycles. The molecule has 1 N–H and O–H groups in total. The van der Waals surface area contributed by atoms with Crippen molar-refractivity contribution in [3.63, 3.8) is 0 Å². The maximum Gasteiger partial charge on any atom is 0.0701 e. The summed E-state index contributed by atoms with van der Waals surface area (Å²) in [7, 11) is 0. The van der Waals surface area contributed by atoms with Crippen LogP contribution in [0.25, 0.3) is 0 Å². The number of halogens is 2. The van der Waals surface area contributed by atoms with Crippen molar-refractivity contribution in [2.24, 2.45) is 0 Å². The summed E-state index contributed by atoms with van der Waals surface area (Å²) in [4.78, 5) is 0. The zero-order valence-corrected chi connectivity index (χ0v) is 12.9. The van der Waals surface area contributed by atoms with Crippen molar-refractivity contribution in [2.45, 2.75) is 13.8 Å². The van der Waals surface area contributed by atoms with Crippen LogP contribution in [0.3, 0.4) is 0 Å². The molecule has 0 saturated heterocycles. The van der Waals surface area contributed by atoms with Crippen LogP contribution in [0, 0.1) is 19.2 Å². The second-order valence-corrected chi connectivity index (χ2v) is 5.99. The molecule has 1 nitrogen and oxygen atoms in total. The predicted octanol–water partition coefficient (Wildman–Crippen LogP) is 5.43. The molecule has 2 aromatic rings. The monoisotopic (exact) mass is 358 g/mol. The molecule has 16 heavy (non-hydrogen) atoms. The van der Waals surface area contributed by atoms with Gasteiger partial charge in [-0.1, -0.05) is 15.9 Å². The second-order valence-electron chi connectivity index (χ2n) is 3.60. The number of hydrogen-bond acceptors (Lipinski definition) is 2. The molecular formula is C12H10Br2NS. The first-order valence-electron chi connectivity index (χ1n) is 4.76. The lowest BCUT2D eigenvalue weighted by Crippen LogP contribution is -1.92. The highest BCUT2D eigenvalue weighted by molar-refractivity contribution is 9.11. The fraction of sp³-hybridized carbons (Fsp3) is 0.167. The van der Waals surface area contributed by atoms with Gasteiger partial charge < -0.3 is 5.32 Å². The summed E-state index contributed by atoms with van der Waals surface area (Å²) in [6.45, 7) is 4.15. The van der Waals surface area contributed by atoms with Gasteiger partial charge in [-0.05, 0) is 58.4 Å². The Morgan fingerprint density at radius 2 is 1.88 bits per heavy atom. The Balaban J connectivity index is 2.35. The number of anilines is 2. The van der Waals surface area contributed by atoms with E-state index in [-0.39, 0.29) is 0 Å². The SMILES string of the molecule is Cc1cs[c]c1Nc1cc(C)c(Br)cc1Br. The molecule has 0 fully saturated rings. The van der Waals surface area contributed by atoms with E-state index in [2.05, 4.69) is 73.9 Å². The summed E-state index contributed by atoms with van der Waals surface area (Å²) in [5, 5.41) is 8.67. The Bertz CT molecular complexity index is 520. The molecule has 0 aliphatic carbocycles. The topological polar surface area (TPSA) is 12.0 Å². The Morgan fingerprint density at radius 3 is 2.50 bits per heavy atom.